The van der Waals surface area contributed by atoms with E-state index in [-0.39, 0.29) is 28.9 Å². The number of sulfonamides is 1. The Morgan fingerprint density at radius 2 is 1.82 bits per heavy atom. The molecule has 0 aromatic heterocycles. The summed E-state index contributed by atoms with van der Waals surface area (Å²) in [5.74, 6) is -0.273. The molecule has 1 aliphatic rings. The van der Waals surface area contributed by atoms with E-state index in [1.807, 2.05) is 13.8 Å². The zero-order valence-electron chi connectivity index (χ0n) is 16.7. The van der Waals surface area contributed by atoms with E-state index in [9.17, 15) is 18.0 Å². The first-order valence-corrected chi connectivity index (χ1v) is 11.2. The molecule has 0 spiro atoms. The smallest absolute Gasteiger partial charge is 0.317 e. The van der Waals surface area contributed by atoms with Crippen molar-refractivity contribution in [3.05, 3.63) is 29.8 Å². The van der Waals surface area contributed by atoms with Gasteiger partial charge in [-0.1, -0.05) is 19.9 Å². The number of benzene rings is 1. The van der Waals surface area contributed by atoms with Gasteiger partial charge in [-0.3, -0.25) is 4.79 Å². The maximum absolute atomic E-state index is 12.7. The molecule has 3 N–H and O–H groups in total. The van der Waals surface area contributed by atoms with E-state index in [1.54, 1.807) is 24.1 Å². The van der Waals surface area contributed by atoms with Crippen molar-refractivity contribution in [2.24, 2.45) is 0 Å². The summed E-state index contributed by atoms with van der Waals surface area (Å²) in [5, 5.41) is 5.49. The van der Waals surface area contributed by atoms with E-state index in [0.717, 1.165) is 12.8 Å². The Kier molecular flexibility index (Phi) is 7.82. The largest absolute Gasteiger partial charge is 0.349 e. The highest BCUT2D eigenvalue weighted by Crippen LogP contribution is 2.16. The second-order valence-electron chi connectivity index (χ2n) is 6.95. The number of nitrogens with one attached hydrogen (secondary N) is 3. The second-order valence-corrected chi connectivity index (χ2v) is 8.67. The lowest BCUT2D eigenvalue weighted by Gasteiger charge is -2.31. The fourth-order valence-corrected chi connectivity index (χ4v) is 4.56. The molecule has 1 heterocycles. The molecule has 1 aromatic rings. The third kappa shape index (κ3) is 5.68. The molecule has 9 heteroatoms. The normalized spacial score (nSPS) is 15.5. The van der Waals surface area contributed by atoms with Gasteiger partial charge in [0.1, 0.15) is 0 Å². The van der Waals surface area contributed by atoms with Gasteiger partial charge in [-0.2, -0.15) is 0 Å². The zero-order valence-corrected chi connectivity index (χ0v) is 17.5. The van der Waals surface area contributed by atoms with Gasteiger partial charge in [-0.25, -0.2) is 17.9 Å². The molecule has 2 rings (SSSR count). The van der Waals surface area contributed by atoms with Gasteiger partial charge in [-0.05, 0) is 43.9 Å². The van der Waals surface area contributed by atoms with Crippen molar-refractivity contribution >= 4 is 22.0 Å². The van der Waals surface area contributed by atoms with Crippen molar-refractivity contribution in [3.8, 4) is 0 Å². The number of likely N-dealkylation sites (tertiary alicyclic amines) is 1. The van der Waals surface area contributed by atoms with Crippen molar-refractivity contribution in [1.82, 2.24) is 20.3 Å². The first-order valence-electron chi connectivity index (χ1n) is 9.70. The predicted octanol–water partition coefficient (Wildman–Crippen LogP) is 1.69. The van der Waals surface area contributed by atoms with Crippen LogP contribution in [0.1, 0.15) is 49.9 Å². The molecule has 1 fully saturated rings. The maximum atomic E-state index is 12.7. The molecule has 0 saturated carbocycles. The van der Waals surface area contributed by atoms with E-state index in [1.165, 1.54) is 12.1 Å². The Hall–Kier alpha value is -2.13. The van der Waals surface area contributed by atoms with Crippen LogP contribution in [0.25, 0.3) is 0 Å². The van der Waals surface area contributed by atoms with Gasteiger partial charge in [0.15, 0.2) is 0 Å². The molecule has 1 saturated heterocycles. The Morgan fingerprint density at radius 1 is 1.18 bits per heavy atom. The van der Waals surface area contributed by atoms with Gasteiger partial charge in [0.05, 0.1) is 4.90 Å². The summed E-state index contributed by atoms with van der Waals surface area (Å²) < 4.78 is 28.2. The molecular weight excluding hydrogens is 380 g/mol. The molecule has 0 radical (unpaired) electrons. The molecule has 0 aliphatic carbocycles. The van der Waals surface area contributed by atoms with Crippen LogP contribution in [0.2, 0.25) is 0 Å². The summed E-state index contributed by atoms with van der Waals surface area (Å²) in [4.78, 5) is 25.8. The van der Waals surface area contributed by atoms with Crippen LogP contribution in [0.5, 0.6) is 0 Å². The lowest BCUT2D eigenvalue weighted by Crippen LogP contribution is -2.48. The number of hydrogen-bond acceptors (Lipinski definition) is 4. The minimum Gasteiger partial charge on any atom is -0.349 e. The minimum atomic E-state index is -3.75. The Bertz CT molecular complexity index is 785. The fourth-order valence-electron chi connectivity index (χ4n) is 3.21. The molecule has 28 heavy (non-hydrogen) atoms. The van der Waals surface area contributed by atoms with E-state index < -0.39 is 10.0 Å². The highest BCUT2D eigenvalue weighted by atomic mass is 32.2. The number of nitrogens with zero attached hydrogens (tertiary/aromatic N) is 1. The lowest BCUT2D eigenvalue weighted by molar-refractivity contribution is 0.0934. The average Bonchev–Trinajstić information content (AvgIpc) is 2.71. The molecule has 8 nitrogen and oxygen atoms in total. The van der Waals surface area contributed by atoms with Gasteiger partial charge >= 0.3 is 6.03 Å². The molecule has 0 bridgehead atoms. The summed E-state index contributed by atoms with van der Waals surface area (Å²) in [6.07, 6.45) is 2.72. The highest BCUT2D eigenvalue weighted by molar-refractivity contribution is 7.89. The van der Waals surface area contributed by atoms with E-state index in [2.05, 4.69) is 15.4 Å². The van der Waals surface area contributed by atoms with Crippen molar-refractivity contribution in [3.63, 3.8) is 0 Å². The number of piperidine rings is 1. The van der Waals surface area contributed by atoms with Gasteiger partial charge in [0.2, 0.25) is 10.0 Å². The monoisotopic (exact) mass is 410 g/mol. The van der Waals surface area contributed by atoms with Gasteiger partial charge < -0.3 is 15.5 Å². The van der Waals surface area contributed by atoms with Gasteiger partial charge in [0, 0.05) is 37.8 Å². The first-order chi connectivity index (χ1) is 13.3. The Morgan fingerprint density at radius 3 is 2.39 bits per heavy atom. The van der Waals surface area contributed by atoms with Crippen LogP contribution in [0, 0.1) is 0 Å². The van der Waals surface area contributed by atoms with Crippen LogP contribution >= 0.6 is 0 Å². The highest BCUT2D eigenvalue weighted by Gasteiger charge is 2.26. The summed E-state index contributed by atoms with van der Waals surface area (Å²) >= 11 is 0. The first kappa shape index (κ1) is 22.2. The SMILES string of the molecule is CCC(CC)NC(=O)c1cccc(S(=O)(=O)NC2CCN(C(=O)NC)CC2)c1. The standard InChI is InChI=1S/C19H30N4O4S/c1-4-15(5-2)21-18(24)14-7-6-8-17(13-14)28(26,27)22-16-9-11-23(12-10-16)19(25)20-3/h6-8,13,15-16,22H,4-5,9-12H2,1-3H3,(H,20,25)(H,21,24). The summed E-state index contributed by atoms with van der Waals surface area (Å²) in [7, 11) is -2.17. The molecule has 1 aromatic carbocycles. The second kappa shape index (κ2) is 9.88. The van der Waals surface area contributed by atoms with Crippen molar-refractivity contribution in [2.75, 3.05) is 20.1 Å². The van der Waals surface area contributed by atoms with Crippen molar-refractivity contribution < 1.29 is 18.0 Å². The maximum Gasteiger partial charge on any atom is 0.317 e. The molecule has 3 amide bonds. The zero-order chi connectivity index (χ0) is 20.7. The van der Waals surface area contributed by atoms with Crippen LogP contribution in [0.15, 0.2) is 29.2 Å². The number of carbonyl (C=O) groups is 2. The number of rotatable bonds is 7. The third-order valence-electron chi connectivity index (χ3n) is 5.05. The predicted molar refractivity (Wildman–Crippen MR) is 108 cm³/mol. The van der Waals surface area contributed by atoms with Crippen molar-refractivity contribution in [1.29, 1.82) is 0 Å². The van der Waals surface area contributed by atoms with Gasteiger partial charge in [0.25, 0.3) is 5.91 Å². The van der Waals surface area contributed by atoms with E-state index in [4.69, 9.17) is 0 Å². The minimum absolute atomic E-state index is 0.0661. The molecule has 156 valence electrons. The average molecular weight is 411 g/mol. The van der Waals surface area contributed by atoms with Crippen LogP contribution < -0.4 is 15.4 Å². The van der Waals surface area contributed by atoms with Gasteiger partial charge in [-0.15, -0.1) is 0 Å². The number of hydrogen-bond donors (Lipinski definition) is 3. The quantitative estimate of drug-likeness (QED) is 0.636. The Labute approximate surface area is 167 Å². The fraction of sp³-hybridized carbons (Fsp3) is 0.579. The summed E-state index contributed by atoms with van der Waals surface area (Å²) in [5.41, 5.74) is 0.323. The summed E-state index contributed by atoms with van der Waals surface area (Å²) in [6, 6.07) is 5.74. The van der Waals surface area contributed by atoms with E-state index >= 15 is 0 Å². The molecular formula is C19H30N4O4S. The third-order valence-corrected chi connectivity index (χ3v) is 6.56. The van der Waals surface area contributed by atoms with E-state index in [0.29, 0.717) is 31.5 Å². The molecule has 0 unspecified atom stereocenters. The molecule has 1 aliphatic heterocycles. The van der Waals surface area contributed by atoms with Crippen LogP contribution in [0.4, 0.5) is 4.79 Å². The summed E-state index contributed by atoms with van der Waals surface area (Å²) in [6.45, 7) is 4.97. The topological polar surface area (TPSA) is 108 Å². The van der Waals surface area contributed by atoms with Crippen molar-refractivity contribution in [2.45, 2.75) is 56.5 Å². The number of urea groups is 1. The van der Waals surface area contributed by atoms with Crippen LogP contribution in [0.3, 0.4) is 0 Å². The lowest BCUT2D eigenvalue weighted by atomic mass is 10.1. The van der Waals surface area contributed by atoms with Crippen LogP contribution in [-0.2, 0) is 10.0 Å². The number of carbonyl (C=O) groups excluding carboxylic acids is 2. The Balaban J connectivity index is 2.04. The van der Waals surface area contributed by atoms with Crippen LogP contribution in [-0.4, -0.2) is 57.5 Å². The molecule has 0 atom stereocenters. The number of amides is 3.